The molecule has 0 aliphatic carbocycles. The van der Waals surface area contributed by atoms with E-state index >= 15 is 0 Å². The zero-order valence-corrected chi connectivity index (χ0v) is 16.4. The number of benzene rings is 1. The highest BCUT2D eigenvalue weighted by Crippen LogP contribution is 2.23. The smallest absolute Gasteiger partial charge is 0.309 e. The predicted molar refractivity (Wildman–Crippen MR) is 102 cm³/mol. The average Bonchev–Trinajstić information content (AvgIpc) is 3.06. The molecule has 2 heterocycles. The highest BCUT2D eigenvalue weighted by atomic mass is 35.5. The van der Waals surface area contributed by atoms with Crippen LogP contribution in [0.15, 0.2) is 24.4 Å². The van der Waals surface area contributed by atoms with E-state index in [0.717, 1.165) is 6.20 Å². The minimum absolute atomic E-state index is 0.105. The van der Waals surface area contributed by atoms with Gasteiger partial charge in [0.05, 0.1) is 4.92 Å². The molecule has 0 spiro atoms. The molecule has 0 N–H and O–H groups in total. The van der Waals surface area contributed by atoms with E-state index in [1.807, 2.05) is 4.90 Å². The molecule has 1 unspecified atom stereocenters. The van der Waals surface area contributed by atoms with Crippen LogP contribution in [-0.4, -0.2) is 56.6 Å². The Morgan fingerprint density at radius 2 is 2.04 bits per heavy atom. The van der Waals surface area contributed by atoms with Crippen molar-refractivity contribution in [2.24, 2.45) is 0 Å². The van der Waals surface area contributed by atoms with Crippen LogP contribution < -0.4 is 0 Å². The van der Waals surface area contributed by atoms with Gasteiger partial charge in [-0.1, -0.05) is 17.7 Å². The van der Waals surface area contributed by atoms with Gasteiger partial charge in [-0.25, -0.2) is 4.39 Å². The van der Waals surface area contributed by atoms with Crippen LogP contribution in [0.5, 0.6) is 0 Å². The van der Waals surface area contributed by atoms with E-state index in [0.29, 0.717) is 49.0 Å². The summed E-state index contributed by atoms with van der Waals surface area (Å²) >= 11 is 6.09. The Labute approximate surface area is 166 Å². The van der Waals surface area contributed by atoms with Crippen LogP contribution >= 0.6 is 11.6 Å². The second-order valence-electron chi connectivity index (χ2n) is 6.79. The third-order valence-electron chi connectivity index (χ3n) is 5.07. The molecule has 10 heteroatoms. The number of hydrogen-bond acceptors (Lipinski definition) is 5. The van der Waals surface area contributed by atoms with Gasteiger partial charge in [-0.05, 0) is 26.0 Å². The maximum atomic E-state index is 14.0. The predicted octanol–water partition coefficient (Wildman–Crippen LogP) is 2.80. The van der Waals surface area contributed by atoms with Gasteiger partial charge in [-0.3, -0.25) is 24.5 Å². The molecule has 1 aromatic carbocycles. The van der Waals surface area contributed by atoms with E-state index < -0.39 is 11.0 Å². The molecule has 150 valence electrons. The van der Waals surface area contributed by atoms with Crippen molar-refractivity contribution in [3.05, 3.63) is 56.6 Å². The van der Waals surface area contributed by atoms with Crippen molar-refractivity contribution in [3.8, 4) is 0 Å². The molecular formula is C18H21ClFN5O3. The standard InChI is InChI=1S/C18H21ClFN5O3/c1-12-17(25(27)28)10-21-24(12)13(2)18(26)23-8-6-22(7-9-23)11-14-15(19)4-3-5-16(14)20/h3-5,10,13H,6-9,11H2,1-2H3. The van der Waals surface area contributed by atoms with Crippen LogP contribution in [0.3, 0.4) is 0 Å². The van der Waals surface area contributed by atoms with Gasteiger partial charge in [0, 0.05) is 43.3 Å². The van der Waals surface area contributed by atoms with Gasteiger partial charge in [-0.15, -0.1) is 0 Å². The Morgan fingerprint density at radius 3 is 2.61 bits per heavy atom. The summed E-state index contributed by atoms with van der Waals surface area (Å²) in [7, 11) is 0. The van der Waals surface area contributed by atoms with Crippen molar-refractivity contribution in [1.29, 1.82) is 0 Å². The fraction of sp³-hybridized carbons (Fsp3) is 0.444. The van der Waals surface area contributed by atoms with E-state index in [-0.39, 0.29) is 17.4 Å². The summed E-state index contributed by atoms with van der Waals surface area (Å²) in [6, 6.07) is 3.98. The molecule has 1 aliphatic rings. The van der Waals surface area contributed by atoms with Crippen molar-refractivity contribution >= 4 is 23.2 Å². The van der Waals surface area contributed by atoms with Gasteiger partial charge >= 0.3 is 5.69 Å². The second kappa shape index (κ2) is 8.24. The Kier molecular flexibility index (Phi) is 5.95. The number of nitro groups is 1. The number of amides is 1. The normalized spacial score (nSPS) is 16.2. The monoisotopic (exact) mass is 409 g/mol. The first-order valence-electron chi connectivity index (χ1n) is 8.92. The van der Waals surface area contributed by atoms with Gasteiger partial charge in [0.25, 0.3) is 0 Å². The molecule has 8 nitrogen and oxygen atoms in total. The number of rotatable bonds is 5. The Balaban J connectivity index is 1.61. The summed E-state index contributed by atoms with van der Waals surface area (Å²) in [5.74, 6) is -0.486. The van der Waals surface area contributed by atoms with Crippen molar-refractivity contribution in [2.75, 3.05) is 26.2 Å². The minimum Gasteiger partial charge on any atom is -0.338 e. The van der Waals surface area contributed by atoms with Gasteiger partial charge in [0.2, 0.25) is 5.91 Å². The van der Waals surface area contributed by atoms with Crippen molar-refractivity contribution in [2.45, 2.75) is 26.4 Å². The highest BCUT2D eigenvalue weighted by Gasteiger charge is 2.29. The first-order chi connectivity index (χ1) is 13.3. The van der Waals surface area contributed by atoms with Crippen molar-refractivity contribution in [1.82, 2.24) is 19.6 Å². The summed E-state index contributed by atoms with van der Waals surface area (Å²) in [4.78, 5) is 27.0. The maximum absolute atomic E-state index is 14.0. The highest BCUT2D eigenvalue weighted by molar-refractivity contribution is 6.31. The quantitative estimate of drug-likeness (QED) is 0.560. The minimum atomic E-state index is -0.638. The molecule has 1 amide bonds. The molecule has 0 saturated carbocycles. The lowest BCUT2D eigenvalue weighted by Gasteiger charge is -2.36. The summed E-state index contributed by atoms with van der Waals surface area (Å²) < 4.78 is 15.3. The van der Waals surface area contributed by atoms with E-state index in [1.165, 1.54) is 10.7 Å². The van der Waals surface area contributed by atoms with Crippen LogP contribution in [-0.2, 0) is 11.3 Å². The number of carbonyl (C=O) groups excluding carboxylic acids is 1. The molecule has 2 aromatic rings. The summed E-state index contributed by atoms with van der Waals surface area (Å²) in [6.07, 6.45) is 1.16. The molecule has 1 fully saturated rings. The van der Waals surface area contributed by atoms with Crippen molar-refractivity contribution in [3.63, 3.8) is 0 Å². The SMILES string of the molecule is Cc1c([N+](=O)[O-])cnn1C(C)C(=O)N1CCN(Cc2c(F)cccc2Cl)CC1. The van der Waals surface area contributed by atoms with Gasteiger partial charge in [0.1, 0.15) is 23.7 Å². The Morgan fingerprint density at radius 1 is 1.36 bits per heavy atom. The Bertz CT molecular complexity index is 875. The number of halogens is 2. The lowest BCUT2D eigenvalue weighted by atomic mass is 10.1. The summed E-state index contributed by atoms with van der Waals surface area (Å²) in [5, 5.41) is 15.4. The van der Waals surface area contributed by atoms with E-state index in [9.17, 15) is 19.3 Å². The van der Waals surface area contributed by atoms with Crippen LogP contribution in [0.4, 0.5) is 10.1 Å². The fourth-order valence-corrected chi connectivity index (χ4v) is 3.61. The first-order valence-corrected chi connectivity index (χ1v) is 9.30. The molecule has 1 atom stereocenters. The molecular weight excluding hydrogens is 389 g/mol. The lowest BCUT2D eigenvalue weighted by molar-refractivity contribution is -0.385. The fourth-order valence-electron chi connectivity index (χ4n) is 3.39. The van der Waals surface area contributed by atoms with Gasteiger partial charge in [-0.2, -0.15) is 5.10 Å². The van der Waals surface area contributed by atoms with Crippen LogP contribution in [0.2, 0.25) is 5.02 Å². The van der Waals surface area contributed by atoms with Crippen LogP contribution in [0.25, 0.3) is 0 Å². The number of piperazine rings is 1. The molecule has 1 saturated heterocycles. The number of carbonyl (C=O) groups is 1. The number of hydrogen-bond donors (Lipinski definition) is 0. The third-order valence-corrected chi connectivity index (χ3v) is 5.42. The molecule has 0 radical (unpaired) electrons. The summed E-state index contributed by atoms with van der Waals surface area (Å²) in [5.41, 5.74) is 0.696. The number of nitrogens with zero attached hydrogens (tertiary/aromatic N) is 5. The number of aromatic nitrogens is 2. The zero-order chi connectivity index (χ0) is 20.4. The largest absolute Gasteiger partial charge is 0.338 e. The molecule has 28 heavy (non-hydrogen) atoms. The Hall–Kier alpha value is -2.52. The lowest BCUT2D eigenvalue weighted by Crippen LogP contribution is -2.50. The molecule has 1 aromatic heterocycles. The molecule has 0 bridgehead atoms. The van der Waals surface area contributed by atoms with Gasteiger partial charge in [0.15, 0.2) is 0 Å². The summed E-state index contributed by atoms with van der Waals surface area (Å²) in [6.45, 7) is 5.77. The maximum Gasteiger partial charge on any atom is 0.309 e. The molecule has 1 aliphatic heterocycles. The second-order valence-corrected chi connectivity index (χ2v) is 7.20. The van der Waals surface area contributed by atoms with E-state index in [1.54, 1.807) is 30.9 Å². The van der Waals surface area contributed by atoms with E-state index in [4.69, 9.17) is 11.6 Å². The topological polar surface area (TPSA) is 84.5 Å². The van der Waals surface area contributed by atoms with E-state index in [2.05, 4.69) is 5.10 Å². The van der Waals surface area contributed by atoms with Crippen molar-refractivity contribution < 1.29 is 14.1 Å². The molecule has 3 rings (SSSR count). The third kappa shape index (κ3) is 4.00. The average molecular weight is 410 g/mol. The van der Waals surface area contributed by atoms with Gasteiger partial charge < -0.3 is 4.90 Å². The first kappa shape index (κ1) is 20.2. The van der Waals surface area contributed by atoms with Crippen LogP contribution in [0, 0.1) is 22.9 Å². The van der Waals surface area contributed by atoms with Crippen LogP contribution in [0.1, 0.15) is 24.2 Å². The zero-order valence-electron chi connectivity index (χ0n) is 15.6.